The molecule has 0 saturated carbocycles. The molecule has 1 aromatic heterocycles. The summed E-state index contributed by atoms with van der Waals surface area (Å²) in [4.78, 5) is 9.53. The minimum absolute atomic E-state index is 0.0478. The van der Waals surface area contributed by atoms with Crippen molar-refractivity contribution in [1.82, 2.24) is 4.98 Å². The summed E-state index contributed by atoms with van der Waals surface area (Å²) in [6.45, 7) is -0.459. The van der Waals surface area contributed by atoms with Gasteiger partial charge in [0.05, 0.1) is 18.9 Å². The summed E-state index contributed by atoms with van der Waals surface area (Å²) >= 11 is 3.31. The fourth-order valence-corrected chi connectivity index (χ4v) is 2.86. The number of rotatable bonds is 5. The number of halogens is 1. The van der Waals surface area contributed by atoms with E-state index >= 15 is 0 Å². The molecular formula is C15H19BrN2O7. The van der Waals surface area contributed by atoms with Gasteiger partial charge in [0.15, 0.2) is 12.4 Å². The molecule has 10 heteroatoms. The van der Waals surface area contributed by atoms with Crippen LogP contribution in [0, 0.1) is 0 Å². The molecule has 1 saturated heterocycles. The Morgan fingerprint density at radius 3 is 2.68 bits per heavy atom. The van der Waals surface area contributed by atoms with Crippen LogP contribution in [0.5, 0.6) is 0 Å². The number of aromatic nitrogens is 1. The largest absolute Gasteiger partial charge is 0.394 e. The van der Waals surface area contributed by atoms with E-state index in [-0.39, 0.29) is 6.61 Å². The zero-order valence-electron chi connectivity index (χ0n) is 13.1. The lowest BCUT2D eigenvalue weighted by molar-refractivity contribution is -0.304. The number of pyridine rings is 1. The fraction of sp³-hybridized carbons (Fsp3) is 0.600. The molecule has 0 spiro atoms. The summed E-state index contributed by atoms with van der Waals surface area (Å²) in [5.74, 6) is 0. The van der Waals surface area contributed by atoms with Gasteiger partial charge in [0.25, 0.3) is 0 Å². The number of aliphatic hydroxyl groups excluding tert-OH is 4. The molecular weight excluding hydrogens is 400 g/mol. The lowest BCUT2D eigenvalue weighted by Gasteiger charge is -2.39. The number of oxime groups is 1. The van der Waals surface area contributed by atoms with Crippen molar-refractivity contribution >= 4 is 21.6 Å². The van der Waals surface area contributed by atoms with Gasteiger partial charge in [-0.3, -0.25) is 4.98 Å². The molecule has 0 bridgehead atoms. The van der Waals surface area contributed by atoms with Crippen molar-refractivity contribution in [3.05, 3.63) is 28.5 Å². The molecule has 4 N–H and O–H groups in total. The first-order valence-corrected chi connectivity index (χ1v) is 8.55. The average molecular weight is 419 g/mol. The Balaban J connectivity index is 1.52. The Labute approximate surface area is 152 Å². The van der Waals surface area contributed by atoms with Crippen molar-refractivity contribution in [2.24, 2.45) is 5.16 Å². The van der Waals surface area contributed by atoms with Crippen molar-refractivity contribution in [2.45, 2.75) is 43.2 Å². The van der Waals surface area contributed by atoms with Gasteiger partial charge < -0.3 is 34.7 Å². The summed E-state index contributed by atoms with van der Waals surface area (Å²) < 4.78 is 11.6. The van der Waals surface area contributed by atoms with Gasteiger partial charge in [0.1, 0.15) is 30.1 Å². The molecule has 138 valence electrons. The zero-order valence-corrected chi connectivity index (χ0v) is 14.7. The van der Waals surface area contributed by atoms with Crippen LogP contribution in [0.1, 0.15) is 12.1 Å². The minimum atomic E-state index is -1.47. The van der Waals surface area contributed by atoms with Crippen LogP contribution in [-0.2, 0) is 14.3 Å². The highest BCUT2D eigenvalue weighted by molar-refractivity contribution is 9.10. The van der Waals surface area contributed by atoms with Gasteiger partial charge in [-0.15, -0.1) is 0 Å². The number of hydrogen-bond donors (Lipinski definition) is 4. The van der Waals surface area contributed by atoms with E-state index in [0.717, 1.165) is 4.47 Å². The van der Waals surface area contributed by atoms with Crippen molar-refractivity contribution in [3.8, 4) is 0 Å². The summed E-state index contributed by atoms with van der Waals surface area (Å²) in [6, 6.07) is 3.66. The van der Waals surface area contributed by atoms with Gasteiger partial charge in [-0.05, 0) is 28.1 Å². The second-order valence-electron chi connectivity index (χ2n) is 5.86. The highest BCUT2D eigenvalue weighted by Gasteiger charge is 2.44. The van der Waals surface area contributed by atoms with E-state index in [1.54, 1.807) is 6.20 Å². The maximum Gasteiger partial charge on any atom is 0.186 e. The van der Waals surface area contributed by atoms with E-state index in [1.807, 2.05) is 12.1 Å². The maximum absolute atomic E-state index is 9.93. The lowest BCUT2D eigenvalue weighted by Crippen LogP contribution is -2.59. The van der Waals surface area contributed by atoms with E-state index in [0.29, 0.717) is 17.8 Å². The Morgan fingerprint density at radius 1 is 1.20 bits per heavy atom. The molecule has 3 heterocycles. The number of ether oxygens (including phenoxy) is 2. The van der Waals surface area contributed by atoms with Crippen LogP contribution < -0.4 is 0 Å². The van der Waals surface area contributed by atoms with Gasteiger partial charge in [-0.25, -0.2) is 0 Å². The Kier molecular flexibility index (Phi) is 6.00. The van der Waals surface area contributed by atoms with Gasteiger partial charge in [0, 0.05) is 17.1 Å². The first-order chi connectivity index (χ1) is 12.0. The summed E-state index contributed by atoms with van der Waals surface area (Å²) in [6.07, 6.45) is -4.79. The third kappa shape index (κ3) is 4.17. The van der Waals surface area contributed by atoms with Crippen molar-refractivity contribution in [2.75, 3.05) is 13.2 Å². The van der Waals surface area contributed by atoms with Crippen molar-refractivity contribution < 1.29 is 34.7 Å². The van der Waals surface area contributed by atoms with Gasteiger partial charge in [-0.2, -0.15) is 0 Å². The van der Waals surface area contributed by atoms with E-state index in [1.165, 1.54) is 0 Å². The third-order valence-corrected chi connectivity index (χ3v) is 4.52. The maximum atomic E-state index is 9.93. The molecule has 6 atom stereocenters. The molecule has 9 nitrogen and oxygen atoms in total. The summed E-state index contributed by atoms with van der Waals surface area (Å²) in [5, 5.41) is 42.5. The molecule has 2 aliphatic heterocycles. The normalized spacial score (nSPS) is 35.3. The fourth-order valence-electron chi connectivity index (χ4n) is 2.62. The predicted molar refractivity (Wildman–Crippen MR) is 87.7 cm³/mol. The molecule has 0 aliphatic carbocycles. The van der Waals surface area contributed by atoms with Crippen LogP contribution in [0.4, 0.5) is 0 Å². The van der Waals surface area contributed by atoms with Crippen molar-refractivity contribution in [3.63, 3.8) is 0 Å². The van der Waals surface area contributed by atoms with Gasteiger partial charge in [0.2, 0.25) is 0 Å². The molecule has 1 fully saturated rings. The molecule has 2 aliphatic rings. The monoisotopic (exact) mass is 418 g/mol. The second kappa shape index (κ2) is 8.04. The van der Waals surface area contributed by atoms with E-state index < -0.39 is 43.4 Å². The molecule has 0 amide bonds. The first kappa shape index (κ1) is 18.6. The molecule has 3 rings (SSSR count). The Morgan fingerprint density at radius 2 is 2.00 bits per heavy atom. The van der Waals surface area contributed by atoms with Crippen LogP contribution in [-0.4, -0.2) is 81.1 Å². The van der Waals surface area contributed by atoms with Crippen molar-refractivity contribution in [1.29, 1.82) is 0 Å². The molecule has 0 radical (unpaired) electrons. The third-order valence-electron chi connectivity index (χ3n) is 4.05. The Bertz CT molecular complexity index is 612. The number of hydrogen-bond acceptors (Lipinski definition) is 9. The average Bonchev–Trinajstić information content (AvgIpc) is 3.09. The predicted octanol–water partition coefficient (Wildman–Crippen LogP) is -0.846. The molecule has 1 aromatic rings. The van der Waals surface area contributed by atoms with Crippen LogP contribution in [0.3, 0.4) is 0 Å². The highest BCUT2D eigenvalue weighted by Crippen LogP contribution is 2.23. The number of nitrogens with zero attached hydrogens (tertiary/aromatic N) is 2. The van der Waals surface area contributed by atoms with E-state index in [4.69, 9.17) is 19.4 Å². The van der Waals surface area contributed by atoms with Crippen LogP contribution in [0.25, 0.3) is 0 Å². The summed E-state index contributed by atoms with van der Waals surface area (Å²) in [7, 11) is 0. The smallest absolute Gasteiger partial charge is 0.186 e. The lowest BCUT2D eigenvalue weighted by atomic mass is 9.99. The topological polar surface area (TPSA) is 134 Å². The second-order valence-corrected chi connectivity index (χ2v) is 6.78. The van der Waals surface area contributed by atoms with Crippen LogP contribution >= 0.6 is 15.9 Å². The van der Waals surface area contributed by atoms with Crippen LogP contribution in [0.15, 0.2) is 28.0 Å². The van der Waals surface area contributed by atoms with Gasteiger partial charge in [-0.1, -0.05) is 5.16 Å². The standard InChI is InChI=1S/C15H19BrN2O7/c16-7-1-2-9(17-4-7)10-3-8(25-18-10)6-23-15-14(22)13(21)12(20)11(5-19)24-15/h1-2,4,8,11-15,19-22H,3,5-6H2/t8-,11+,12+,13-,14+,15+/m0/s1. The van der Waals surface area contributed by atoms with E-state index in [9.17, 15) is 15.3 Å². The first-order valence-electron chi connectivity index (χ1n) is 7.76. The molecule has 0 aromatic carbocycles. The quantitative estimate of drug-likeness (QED) is 0.485. The molecule has 0 unspecified atom stereocenters. The highest BCUT2D eigenvalue weighted by atomic mass is 79.9. The number of aliphatic hydroxyl groups is 4. The van der Waals surface area contributed by atoms with E-state index in [2.05, 4.69) is 26.1 Å². The zero-order chi connectivity index (χ0) is 18.0. The van der Waals surface area contributed by atoms with Crippen LogP contribution in [0.2, 0.25) is 0 Å². The minimum Gasteiger partial charge on any atom is -0.394 e. The molecule has 25 heavy (non-hydrogen) atoms. The SMILES string of the molecule is OC[C@H]1O[C@@H](OC[C@@H]2CC(c3ccc(Br)cn3)=NO2)[C@H](O)[C@@H](O)[C@@H]1O. The summed E-state index contributed by atoms with van der Waals surface area (Å²) in [5.41, 5.74) is 1.37. The Hall–Kier alpha value is -1.14. The van der Waals surface area contributed by atoms with Gasteiger partial charge >= 0.3 is 0 Å².